The van der Waals surface area contributed by atoms with Crippen LogP contribution in [0.15, 0.2) is 6.20 Å². The van der Waals surface area contributed by atoms with Gasteiger partial charge < -0.3 is 9.36 Å². The second-order valence-corrected chi connectivity index (χ2v) is 3.34. The molecule has 1 aromatic heterocycles. The molecule has 0 saturated carbocycles. The van der Waals surface area contributed by atoms with E-state index in [9.17, 15) is 4.79 Å². The van der Waals surface area contributed by atoms with E-state index in [2.05, 4.69) is 9.55 Å². The first kappa shape index (κ1) is 7.53. The van der Waals surface area contributed by atoms with Gasteiger partial charge in [-0.1, -0.05) is 0 Å². The second-order valence-electron chi connectivity index (χ2n) is 3.34. The van der Waals surface area contributed by atoms with Crippen molar-refractivity contribution in [3.8, 4) is 0 Å². The molecule has 1 aliphatic rings. The van der Waals surface area contributed by atoms with Crippen molar-refractivity contribution in [3.63, 3.8) is 0 Å². The Bertz CT molecular complexity index is 303. The molecule has 0 bridgehead atoms. The van der Waals surface area contributed by atoms with Crippen LogP contribution in [0.4, 0.5) is 0 Å². The Morgan fingerprint density at radius 3 is 3.33 bits per heavy atom. The molecule has 0 amide bonds. The molecule has 0 fully saturated rings. The van der Waals surface area contributed by atoms with Crippen molar-refractivity contribution in [2.45, 2.75) is 26.3 Å². The van der Waals surface area contributed by atoms with Crippen molar-refractivity contribution in [2.24, 2.45) is 5.92 Å². The number of imidazole rings is 1. The van der Waals surface area contributed by atoms with E-state index < -0.39 is 0 Å². The summed E-state index contributed by atoms with van der Waals surface area (Å²) in [4.78, 5) is 14.8. The maximum Gasteiger partial charge on any atom is 0.124 e. The van der Waals surface area contributed by atoms with Crippen LogP contribution in [-0.4, -0.2) is 15.8 Å². The van der Waals surface area contributed by atoms with E-state index in [0.717, 1.165) is 31.5 Å². The number of carbonyl (C=O) groups excluding carboxylic acids is 1. The third-order valence-corrected chi connectivity index (χ3v) is 2.52. The van der Waals surface area contributed by atoms with Gasteiger partial charge in [0.2, 0.25) is 0 Å². The first-order valence-corrected chi connectivity index (χ1v) is 4.27. The maximum absolute atomic E-state index is 10.6. The molecule has 0 saturated heterocycles. The number of hydrogen-bond donors (Lipinski definition) is 0. The molecule has 0 aromatic carbocycles. The Labute approximate surface area is 71.4 Å². The average molecular weight is 164 g/mol. The number of fused-ring (bicyclic) bond motifs is 1. The Hall–Kier alpha value is -1.12. The van der Waals surface area contributed by atoms with Crippen LogP contribution in [0.2, 0.25) is 0 Å². The number of nitrogens with zero attached hydrogens (tertiary/aromatic N) is 2. The Morgan fingerprint density at radius 2 is 2.58 bits per heavy atom. The molecule has 1 aliphatic heterocycles. The minimum atomic E-state index is 0.199. The largest absolute Gasteiger partial charge is 0.332 e. The van der Waals surface area contributed by atoms with Crippen LogP contribution in [0.3, 0.4) is 0 Å². The zero-order valence-corrected chi connectivity index (χ0v) is 7.16. The molecule has 0 spiro atoms. The number of aryl methyl sites for hydroxylation is 2. The summed E-state index contributed by atoms with van der Waals surface area (Å²) < 4.78 is 2.14. The van der Waals surface area contributed by atoms with E-state index in [4.69, 9.17) is 0 Å². The van der Waals surface area contributed by atoms with Gasteiger partial charge in [-0.25, -0.2) is 4.98 Å². The van der Waals surface area contributed by atoms with Gasteiger partial charge in [-0.05, 0) is 19.8 Å². The highest BCUT2D eigenvalue weighted by atomic mass is 16.1. The van der Waals surface area contributed by atoms with Crippen LogP contribution in [0, 0.1) is 12.8 Å². The molecule has 2 heterocycles. The Morgan fingerprint density at radius 1 is 1.75 bits per heavy atom. The summed E-state index contributed by atoms with van der Waals surface area (Å²) in [5.74, 6) is 1.22. The van der Waals surface area contributed by atoms with Crippen molar-refractivity contribution in [3.05, 3.63) is 17.7 Å². The molecule has 3 nitrogen and oxygen atoms in total. The highest BCUT2D eigenvalue weighted by Gasteiger charge is 2.18. The summed E-state index contributed by atoms with van der Waals surface area (Å²) in [5, 5.41) is 0. The molecule has 2 rings (SSSR count). The average Bonchev–Trinajstić information content (AvgIpc) is 2.47. The van der Waals surface area contributed by atoms with E-state index >= 15 is 0 Å². The van der Waals surface area contributed by atoms with Gasteiger partial charge in [0.25, 0.3) is 0 Å². The van der Waals surface area contributed by atoms with Gasteiger partial charge in [-0.15, -0.1) is 0 Å². The van der Waals surface area contributed by atoms with Crippen LogP contribution in [-0.2, 0) is 17.8 Å². The lowest BCUT2D eigenvalue weighted by Crippen LogP contribution is -2.21. The SMILES string of the molecule is Cc1ncc2n1CC(C=O)CC2. The summed E-state index contributed by atoms with van der Waals surface area (Å²) >= 11 is 0. The fourth-order valence-corrected chi connectivity index (χ4v) is 1.73. The Kier molecular flexibility index (Phi) is 1.71. The summed E-state index contributed by atoms with van der Waals surface area (Å²) in [6, 6.07) is 0. The first-order chi connectivity index (χ1) is 5.81. The minimum Gasteiger partial charge on any atom is -0.332 e. The molecule has 64 valence electrons. The van der Waals surface area contributed by atoms with Gasteiger partial charge in [0.1, 0.15) is 12.1 Å². The molecule has 0 radical (unpaired) electrons. The molecule has 0 N–H and O–H groups in total. The second kappa shape index (κ2) is 2.73. The predicted molar refractivity (Wildman–Crippen MR) is 44.8 cm³/mol. The lowest BCUT2D eigenvalue weighted by molar-refractivity contribution is -0.111. The van der Waals surface area contributed by atoms with Gasteiger partial charge in [0.15, 0.2) is 0 Å². The van der Waals surface area contributed by atoms with Crippen molar-refractivity contribution in [1.82, 2.24) is 9.55 Å². The lowest BCUT2D eigenvalue weighted by atomic mass is 10.00. The van der Waals surface area contributed by atoms with Crippen molar-refractivity contribution < 1.29 is 4.79 Å². The van der Waals surface area contributed by atoms with Crippen molar-refractivity contribution >= 4 is 6.29 Å². The van der Waals surface area contributed by atoms with Gasteiger partial charge in [0.05, 0.1) is 0 Å². The zero-order chi connectivity index (χ0) is 8.55. The summed E-state index contributed by atoms with van der Waals surface area (Å²) in [5.41, 5.74) is 1.27. The van der Waals surface area contributed by atoms with Crippen LogP contribution in [0.25, 0.3) is 0 Å². The van der Waals surface area contributed by atoms with Crippen LogP contribution in [0.5, 0.6) is 0 Å². The van der Waals surface area contributed by atoms with E-state index in [1.165, 1.54) is 5.69 Å². The monoisotopic (exact) mass is 164 g/mol. The summed E-state index contributed by atoms with van der Waals surface area (Å²) in [6.45, 7) is 2.81. The number of hydrogen-bond acceptors (Lipinski definition) is 2. The lowest BCUT2D eigenvalue weighted by Gasteiger charge is -2.20. The summed E-state index contributed by atoms with van der Waals surface area (Å²) in [7, 11) is 0. The topological polar surface area (TPSA) is 34.9 Å². The van der Waals surface area contributed by atoms with Crippen LogP contribution in [0.1, 0.15) is 17.9 Å². The highest BCUT2D eigenvalue weighted by Crippen LogP contribution is 2.19. The number of aldehydes is 1. The molecular formula is C9H12N2O. The van der Waals surface area contributed by atoms with Crippen molar-refractivity contribution in [2.75, 3.05) is 0 Å². The fraction of sp³-hybridized carbons (Fsp3) is 0.556. The molecule has 0 aliphatic carbocycles. The van der Waals surface area contributed by atoms with E-state index in [1.807, 2.05) is 13.1 Å². The fourth-order valence-electron chi connectivity index (χ4n) is 1.73. The van der Waals surface area contributed by atoms with Crippen LogP contribution < -0.4 is 0 Å². The molecule has 3 heteroatoms. The smallest absolute Gasteiger partial charge is 0.124 e. The van der Waals surface area contributed by atoms with E-state index in [-0.39, 0.29) is 5.92 Å². The molecular weight excluding hydrogens is 152 g/mol. The first-order valence-electron chi connectivity index (χ1n) is 4.27. The predicted octanol–water partition coefficient (Wildman–Crippen LogP) is 0.953. The molecule has 1 aromatic rings. The molecule has 12 heavy (non-hydrogen) atoms. The number of rotatable bonds is 1. The van der Waals surface area contributed by atoms with Crippen molar-refractivity contribution in [1.29, 1.82) is 0 Å². The zero-order valence-electron chi connectivity index (χ0n) is 7.16. The minimum absolute atomic E-state index is 0.199. The van der Waals surface area contributed by atoms with Gasteiger partial charge in [0, 0.05) is 24.4 Å². The Balaban J connectivity index is 2.31. The normalized spacial score (nSPS) is 21.9. The molecule has 1 unspecified atom stereocenters. The number of carbonyl (C=O) groups is 1. The maximum atomic E-state index is 10.6. The third kappa shape index (κ3) is 1.05. The van der Waals surface area contributed by atoms with Gasteiger partial charge in [-0.2, -0.15) is 0 Å². The third-order valence-electron chi connectivity index (χ3n) is 2.52. The van der Waals surface area contributed by atoms with Crippen LogP contribution >= 0.6 is 0 Å². The molecule has 1 atom stereocenters. The standard InChI is InChI=1S/C9H12N2O/c1-7-10-4-9-3-2-8(6-12)5-11(7)9/h4,6,8H,2-3,5H2,1H3. The quantitative estimate of drug-likeness (QED) is 0.579. The van der Waals surface area contributed by atoms with E-state index in [0.29, 0.717) is 0 Å². The van der Waals surface area contributed by atoms with E-state index in [1.54, 1.807) is 0 Å². The highest BCUT2D eigenvalue weighted by molar-refractivity contribution is 5.53. The van der Waals surface area contributed by atoms with Gasteiger partial charge >= 0.3 is 0 Å². The number of aromatic nitrogens is 2. The summed E-state index contributed by atoms with van der Waals surface area (Å²) in [6.07, 6.45) is 4.94. The van der Waals surface area contributed by atoms with Gasteiger partial charge in [-0.3, -0.25) is 0 Å².